The third-order valence-corrected chi connectivity index (χ3v) is 3.93. The van der Waals surface area contributed by atoms with Crippen LogP contribution in [0.3, 0.4) is 0 Å². The Morgan fingerprint density at radius 3 is 2.68 bits per heavy atom. The number of likely N-dealkylation sites (N-methyl/N-ethyl adjacent to an activating group) is 1. The molecule has 0 fully saturated rings. The molecule has 22 heavy (non-hydrogen) atoms. The van der Waals surface area contributed by atoms with Crippen LogP contribution in [0.4, 0.5) is 4.79 Å². The van der Waals surface area contributed by atoms with Crippen molar-refractivity contribution < 1.29 is 4.79 Å². The fourth-order valence-corrected chi connectivity index (χ4v) is 2.68. The van der Waals surface area contributed by atoms with Crippen molar-refractivity contribution in [1.29, 1.82) is 0 Å². The van der Waals surface area contributed by atoms with Crippen molar-refractivity contribution >= 4 is 29.0 Å². The zero-order valence-electron chi connectivity index (χ0n) is 12.5. The average molecular weight is 339 g/mol. The lowest BCUT2D eigenvalue weighted by Gasteiger charge is -2.23. The summed E-state index contributed by atoms with van der Waals surface area (Å²) in [5, 5.41) is 8.40. The first-order chi connectivity index (χ1) is 10.5. The average Bonchev–Trinajstić information content (AvgIpc) is 2.98. The number of thiazole rings is 1. The van der Waals surface area contributed by atoms with Gasteiger partial charge in [0.2, 0.25) is 0 Å². The topological polar surface area (TPSA) is 57.3 Å². The lowest BCUT2D eigenvalue weighted by atomic mass is 10.1. The second-order valence-electron chi connectivity index (χ2n) is 5.17. The summed E-state index contributed by atoms with van der Waals surface area (Å²) in [6.45, 7) is 1.12. The fraction of sp³-hybridized carbons (Fsp3) is 0.333. The summed E-state index contributed by atoms with van der Waals surface area (Å²) in [6.07, 6.45) is 0. The van der Waals surface area contributed by atoms with Crippen LogP contribution in [0.5, 0.6) is 0 Å². The smallest absolute Gasteiger partial charge is 0.315 e. The summed E-state index contributed by atoms with van der Waals surface area (Å²) in [5.74, 6) is 0. The van der Waals surface area contributed by atoms with Crippen LogP contribution < -0.4 is 10.6 Å². The van der Waals surface area contributed by atoms with E-state index in [9.17, 15) is 4.79 Å². The quantitative estimate of drug-likeness (QED) is 0.851. The van der Waals surface area contributed by atoms with Crippen LogP contribution in [0.1, 0.15) is 17.3 Å². The van der Waals surface area contributed by atoms with Gasteiger partial charge in [-0.2, -0.15) is 0 Å². The molecule has 1 heterocycles. The Bertz CT molecular complexity index is 586. The molecule has 0 spiro atoms. The van der Waals surface area contributed by atoms with Gasteiger partial charge in [-0.15, -0.1) is 11.3 Å². The summed E-state index contributed by atoms with van der Waals surface area (Å²) in [5.41, 5.74) is 3.62. The maximum atomic E-state index is 12.1. The predicted octanol–water partition coefficient (Wildman–Crippen LogP) is 2.90. The van der Waals surface area contributed by atoms with Gasteiger partial charge in [-0.3, -0.25) is 0 Å². The number of nitrogens with one attached hydrogen (secondary N) is 2. The molecule has 0 aliphatic heterocycles. The second kappa shape index (κ2) is 8.12. The molecule has 0 aliphatic carbocycles. The highest BCUT2D eigenvalue weighted by molar-refractivity contribution is 7.07. The number of urea groups is 1. The van der Waals surface area contributed by atoms with Crippen molar-refractivity contribution in [3.05, 3.63) is 51.4 Å². The standard InChI is InChI=1S/C15H19ClN4OS/c1-20(2)8-14(11-3-5-12(16)6-4-11)19-15(21)17-7-13-9-22-10-18-13/h3-6,9-10,14H,7-8H2,1-2H3,(H2,17,19,21)/t14-/m0/s1. The molecule has 5 nitrogen and oxygen atoms in total. The minimum atomic E-state index is -0.213. The molecule has 2 rings (SSSR count). The van der Waals surface area contributed by atoms with Gasteiger partial charge in [0.15, 0.2) is 0 Å². The van der Waals surface area contributed by atoms with E-state index in [2.05, 4.69) is 15.6 Å². The van der Waals surface area contributed by atoms with E-state index in [0.29, 0.717) is 18.1 Å². The molecular formula is C15H19ClN4OS. The highest BCUT2D eigenvalue weighted by Crippen LogP contribution is 2.17. The monoisotopic (exact) mass is 338 g/mol. The lowest BCUT2D eigenvalue weighted by Crippen LogP contribution is -2.41. The van der Waals surface area contributed by atoms with E-state index < -0.39 is 0 Å². The molecular weight excluding hydrogens is 320 g/mol. The number of hydrogen-bond acceptors (Lipinski definition) is 4. The normalized spacial score (nSPS) is 12.2. The fourth-order valence-electron chi connectivity index (χ4n) is 2.00. The molecule has 0 saturated heterocycles. The number of amides is 2. The number of aromatic nitrogens is 1. The number of carbonyl (C=O) groups is 1. The van der Waals surface area contributed by atoms with Gasteiger partial charge in [0.1, 0.15) is 0 Å². The Morgan fingerprint density at radius 1 is 1.36 bits per heavy atom. The molecule has 1 aromatic heterocycles. The second-order valence-corrected chi connectivity index (χ2v) is 6.33. The minimum absolute atomic E-state index is 0.109. The van der Waals surface area contributed by atoms with E-state index in [4.69, 9.17) is 11.6 Å². The first kappa shape index (κ1) is 16.7. The van der Waals surface area contributed by atoms with Gasteiger partial charge in [0, 0.05) is 16.9 Å². The maximum absolute atomic E-state index is 12.1. The molecule has 7 heteroatoms. The Balaban J connectivity index is 1.96. The maximum Gasteiger partial charge on any atom is 0.315 e. The van der Waals surface area contributed by atoms with Crippen LogP contribution >= 0.6 is 22.9 Å². The number of nitrogens with zero attached hydrogens (tertiary/aromatic N) is 2. The van der Waals surface area contributed by atoms with Gasteiger partial charge >= 0.3 is 6.03 Å². The van der Waals surface area contributed by atoms with Gasteiger partial charge in [-0.05, 0) is 31.8 Å². The van der Waals surface area contributed by atoms with Gasteiger partial charge < -0.3 is 15.5 Å². The summed E-state index contributed by atoms with van der Waals surface area (Å²) in [4.78, 5) is 18.2. The number of hydrogen-bond donors (Lipinski definition) is 2. The SMILES string of the molecule is CN(C)C[C@H](NC(=O)NCc1cscn1)c1ccc(Cl)cc1. The van der Waals surface area contributed by atoms with E-state index in [-0.39, 0.29) is 12.1 Å². The van der Waals surface area contributed by atoms with E-state index in [0.717, 1.165) is 11.3 Å². The zero-order valence-corrected chi connectivity index (χ0v) is 14.1. The first-order valence-electron chi connectivity index (χ1n) is 6.86. The highest BCUT2D eigenvalue weighted by atomic mass is 35.5. The van der Waals surface area contributed by atoms with E-state index >= 15 is 0 Å². The summed E-state index contributed by atoms with van der Waals surface area (Å²) >= 11 is 7.43. The molecule has 1 aromatic carbocycles. The first-order valence-corrected chi connectivity index (χ1v) is 8.18. The van der Waals surface area contributed by atoms with Crippen LogP contribution in [0.15, 0.2) is 35.2 Å². The van der Waals surface area contributed by atoms with Crippen LogP contribution in [0.25, 0.3) is 0 Å². The predicted molar refractivity (Wildman–Crippen MR) is 90.2 cm³/mol. The van der Waals surface area contributed by atoms with E-state index in [1.165, 1.54) is 11.3 Å². The zero-order chi connectivity index (χ0) is 15.9. The molecule has 0 aliphatic rings. The molecule has 0 radical (unpaired) electrons. The van der Waals surface area contributed by atoms with Crippen LogP contribution in [0.2, 0.25) is 5.02 Å². The molecule has 0 saturated carbocycles. The van der Waals surface area contributed by atoms with Crippen molar-refractivity contribution in [2.75, 3.05) is 20.6 Å². The molecule has 0 unspecified atom stereocenters. The number of rotatable bonds is 6. The largest absolute Gasteiger partial charge is 0.332 e. The van der Waals surface area contributed by atoms with Crippen LogP contribution in [0, 0.1) is 0 Å². The highest BCUT2D eigenvalue weighted by Gasteiger charge is 2.15. The van der Waals surface area contributed by atoms with Crippen LogP contribution in [-0.4, -0.2) is 36.6 Å². The Labute approximate surface area is 139 Å². The van der Waals surface area contributed by atoms with Gasteiger partial charge in [0.25, 0.3) is 0 Å². The van der Waals surface area contributed by atoms with Gasteiger partial charge in [-0.25, -0.2) is 9.78 Å². The summed E-state index contributed by atoms with van der Waals surface area (Å²) in [7, 11) is 3.94. The molecule has 0 bridgehead atoms. The van der Waals surface area contributed by atoms with E-state index in [1.54, 1.807) is 5.51 Å². The molecule has 2 N–H and O–H groups in total. The number of carbonyl (C=O) groups excluding carboxylic acids is 1. The van der Waals surface area contributed by atoms with Gasteiger partial charge in [0.05, 0.1) is 23.8 Å². The summed E-state index contributed by atoms with van der Waals surface area (Å²) < 4.78 is 0. The van der Waals surface area contributed by atoms with Crippen LogP contribution in [-0.2, 0) is 6.54 Å². The van der Waals surface area contributed by atoms with Crippen molar-refractivity contribution in [3.8, 4) is 0 Å². The summed E-state index contributed by atoms with van der Waals surface area (Å²) in [6, 6.07) is 7.19. The van der Waals surface area contributed by atoms with Crippen molar-refractivity contribution in [1.82, 2.24) is 20.5 Å². The van der Waals surface area contributed by atoms with Crippen molar-refractivity contribution in [2.45, 2.75) is 12.6 Å². The molecule has 1 atom stereocenters. The van der Waals surface area contributed by atoms with E-state index in [1.807, 2.05) is 48.6 Å². The third kappa shape index (κ3) is 5.29. The number of halogens is 1. The molecule has 2 aromatic rings. The Morgan fingerprint density at radius 2 is 2.09 bits per heavy atom. The van der Waals surface area contributed by atoms with Crippen molar-refractivity contribution in [3.63, 3.8) is 0 Å². The Kier molecular flexibility index (Phi) is 6.18. The molecule has 118 valence electrons. The van der Waals surface area contributed by atoms with Crippen molar-refractivity contribution in [2.24, 2.45) is 0 Å². The lowest BCUT2D eigenvalue weighted by molar-refractivity contribution is 0.232. The minimum Gasteiger partial charge on any atom is -0.332 e. The molecule has 2 amide bonds. The third-order valence-electron chi connectivity index (χ3n) is 3.04. The number of benzene rings is 1. The van der Waals surface area contributed by atoms with Gasteiger partial charge in [-0.1, -0.05) is 23.7 Å². The Hall–Kier alpha value is -1.63.